The highest BCUT2D eigenvalue weighted by Gasteiger charge is 2.38. The van der Waals surface area contributed by atoms with E-state index in [1.165, 1.54) is 6.07 Å². The largest absolute Gasteiger partial charge is 0.493 e. The van der Waals surface area contributed by atoms with Crippen LogP contribution in [0.25, 0.3) is 0 Å². The zero-order valence-electron chi connectivity index (χ0n) is 9.39. The molecule has 0 aliphatic carbocycles. The van der Waals surface area contributed by atoms with Crippen LogP contribution in [0.5, 0.6) is 5.75 Å². The molecule has 0 unspecified atom stereocenters. The summed E-state index contributed by atoms with van der Waals surface area (Å²) in [6, 6.07) is 2.35. The molecule has 0 saturated heterocycles. The van der Waals surface area contributed by atoms with Crippen LogP contribution in [0.4, 0.5) is 18.9 Å². The minimum absolute atomic E-state index is 0.0958. The fourth-order valence-electron chi connectivity index (χ4n) is 1.53. The average Bonchev–Trinajstić information content (AvgIpc) is 2.18. The molecule has 0 bridgehead atoms. The third-order valence-corrected chi connectivity index (χ3v) is 2.13. The maximum atomic E-state index is 12.8. The average molecular weight is 247 g/mol. The van der Waals surface area contributed by atoms with Crippen LogP contribution in [0, 0.1) is 0 Å². The van der Waals surface area contributed by atoms with Gasteiger partial charge in [-0.3, -0.25) is 4.79 Å². The van der Waals surface area contributed by atoms with Crippen molar-refractivity contribution in [2.75, 3.05) is 12.3 Å². The van der Waals surface area contributed by atoms with Gasteiger partial charge in [0.25, 0.3) is 0 Å². The summed E-state index contributed by atoms with van der Waals surface area (Å²) in [5, 5.41) is 0. The van der Waals surface area contributed by atoms with Crippen LogP contribution in [0.1, 0.15) is 29.8 Å². The van der Waals surface area contributed by atoms with Crippen LogP contribution >= 0.6 is 0 Å². The zero-order chi connectivity index (χ0) is 13.2. The Bertz CT molecular complexity index is 441. The summed E-state index contributed by atoms with van der Waals surface area (Å²) >= 11 is 0. The molecule has 6 heteroatoms. The predicted octanol–water partition coefficient (Wildman–Crippen LogP) is 2.89. The number of halogens is 3. The lowest BCUT2D eigenvalue weighted by atomic mass is 10.0. The molecule has 0 aromatic heterocycles. The van der Waals surface area contributed by atoms with Crippen molar-refractivity contribution in [3.63, 3.8) is 0 Å². The Kier molecular flexibility index (Phi) is 3.65. The summed E-state index contributed by atoms with van der Waals surface area (Å²) < 4.78 is 43.4. The third-order valence-electron chi connectivity index (χ3n) is 2.13. The Balaban J connectivity index is 3.55. The van der Waals surface area contributed by atoms with Crippen LogP contribution in [0.15, 0.2) is 12.1 Å². The number of nitrogens with two attached hydrogens (primary N) is 1. The normalized spacial score (nSPS) is 11.4. The molecule has 3 nitrogen and oxygen atoms in total. The molecule has 0 spiro atoms. The topological polar surface area (TPSA) is 52.3 Å². The van der Waals surface area contributed by atoms with Crippen LogP contribution < -0.4 is 10.5 Å². The van der Waals surface area contributed by atoms with Crippen molar-refractivity contribution < 1.29 is 22.7 Å². The summed E-state index contributed by atoms with van der Waals surface area (Å²) in [7, 11) is 0. The Labute approximate surface area is 96.4 Å². The SMILES string of the molecule is CCOc1ccc(N)c(C(F)(F)F)c1C(C)=O. The number of anilines is 1. The van der Waals surface area contributed by atoms with Gasteiger partial charge in [-0.1, -0.05) is 0 Å². The minimum Gasteiger partial charge on any atom is -0.493 e. The van der Waals surface area contributed by atoms with E-state index in [0.717, 1.165) is 13.0 Å². The molecule has 0 aliphatic rings. The molecule has 0 radical (unpaired) electrons. The zero-order valence-corrected chi connectivity index (χ0v) is 9.39. The predicted molar refractivity (Wildman–Crippen MR) is 57.0 cm³/mol. The van der Waals surface area contributed by atoms with Crippen LogP contribution in [-0.2, 0) is 6.18 Å². The smallest absolute Gasteiger partial charge is 0.419 e. The molecule has 1 aromatic carbocycles. The minimum atomic E-state index is -4.68. The van der Waals surface area contributed by atoms with Crippen LogP contribution in [0.2, 0.25) is 0 Å². The third kappa shape index (κ3) is 2.69. The molecule has 0 atom stereocenters. The molecule has 0 fully saturated rings. The number of benzene rings is 1. The van der Waals surface area contributed by atoms with Crippen molar-refractivity contribution in [2.45, 2.75) is 20.0 Å². The Morgan fingerprint density at radius 2 is 2.00 bits per heavy atom. The van der Waals surface area contributed by atoms with E-state index in [1.807, 2.05) is 0 Å². The molecular formula is C11H12F3NO2. The molecule has 2 N–H and O–H groups in total. The number of carbonyl (C=O) groups is 1. The Hall–Kier alpha value is -1.72. The van der Waals surface area contributed by atoms with E-state index in [2.05, 4.69) is 0 Å². The van der Waals surface area contributed by atoms with Crippen molar-refractivity contribution in [1.82, 2.24) is 0 Å². The van der Waals surface area contributed by atoms with Crippen molar-refractivity contribution in [3.05, 3.63) is 23.3 Å². The fourth-order valence-corrected chi connectivity index (χ4v) is 1.53. The molecule has 94 valence electrons. The quantitative estimate of drug-likeness (QED) is 0.660. The van der Waals surface area contributed by atoms with E-state index in [0.29, 0.717) is 0 Å². The van der Waals surface area contributed by atoms with Gasteiger partial charge in [0, 0.05) is 5.69 Å². The number of nitrogen functional groups attached to an aromatic ring is 1. The highest BCUT2D eigenvalue weighted by atomic mass is 19.4. The first kappa shape index (κ1) is 13.3. The monoisotopic (exact) mass is 247 g/mol. The first-order chi connectivity index (χ1) is 7.79. The van der Waals surface area contributed by atoms with E-state index >= 15 is 0 Å². The number of carbonyl (C=O) groups excluding carboxylic acids is 1. The highest BCUT2D eigenvalue weighted by Crippen LogP contribution is 2.40. The lowest BCUT2D eigenvalue weighted by Crippen LogP contribution is -2.16. The van der Waals surface area contributed by atoms with Crippen molar-refractivity contribution >= 4 is 11.5 Å². The molecule has 17 heavy (non-hydrogen) atoms. The molecular weight excluding hydrogens is 235 g/mol. The number of hydrogen-bond acceptors (Lipinski definition) is 3. The second-order valence-electron chi connectivity index (χ2n) is 3.39. The number of Topliss-reactive ketones (excluding diaryl/α,β-unsaturated/α-hetero) is 1. The van der Waals surface area contributed by atoms with Crippen molar-refractivity contribution in [1.29, 1.82) is 0 Å². The van der Waals surface area contributed by atoms with Gasteiger partial charge in [-0.25, -0.2) is 0 Å². The van der Waals surface area contributed by atoms with E-state index in [9.17, 15) is 18.0 Å². The van der Waals surface area contributed by atoms with Gasteiger partial charge in [0.05, 0.1) is 17.7 Å². The maximum absolute atomic E-state index is 12.8. The number of hydrogen-bond donors (Lipinski definition) is 1. The summed E-state index contributed by atoms with van der Waals surface area (Å²) in [6.45, 7) is 2.83. The van der Waals surface area contributed by atoms with E-state index in [4.69, 9.17) is 10.5 Å². The lowest BCUT2D eigenvalue weighted by molar-refractivity contribution is -0.137. The van der Waals surface area contributed by atoms with Gasteiger partial charge in [0.2, 0.25) is 0 Å². The van der Waals surface area contributed by atoms with Gasteiger partial charge in [0.15, 0.2) is 5.78 Å². The van der Waals surface area contributed by atoms with E-state index in [1.54, 1.807) is 6.92 Å². The fraction of sp³-hybridized carbons (Fsp3) is 0.364. The first-order valence-electron chi connectivity index (χ1n) is 4.92. The number of rotatable bonds is 3. The second-order valence-corrected chi connectivity index (χ2v) is 3.39. The van der Waals surface area contributed by atoms with Gasteiger partial charge in [-0.2, -0.15) is 13.2 Å². The first-order valence-corrected chi connectivity index (χ1v) is 4.92. The van der Waals surface area contributed by atoms with Crippen LogP contribution in [0.3, 0.4) is 0 Å². The summed E-state index contributed by atoms with van der Waals surface area (Å²) in [5.41, 5.74) is 3.16. The summed E-state index contributed by atoms with van der Waals surface area (Å²) in [6.07, 6.45) is -4.68. The number of alkyl halides is 3. The standard InChI is InChI=1S/C11H12F3NO2/c1-3-17-8-5-4-7(15)10(11(12,13)14)9(8)6(2)16/h4-5H,3,15H2,1-2H3. The molecule has 1 aromatic rings. The number of ether oxygens (including phenoxy) is 1. The molecule has 0 saturated carbocycles. The van der Waals surface area contributed by atoms with E-state index in [-0.39, 0.29) is 12.4 Å². The van der Waals surface area contributed by atoms with Gasteiger partial charge in [0.1, 0.15) is 5.75 Å². The van der Waals surface area contributed by atoms with Gasteiger partial charge in [-0.05, 0) is 26.0 Å². The molecule has 0 aliphatic heterocycles. The Morgan fingerprint density at radius 3 is 2.41 bits per heavy atom. The Morgan fingerprint density at radius 1 is 1.41 bits per heavy atom. The molecule has 1 rings (SSSR count). The second kappa shape index (κ2) is 4.65. The summed E-state index contributed by atoms with van der Waals surface area (Å²) in [4.78, 5) is 11.3. The van der Waals surface area contributed by atoms with Crippen molar-refractivity contribution in [2.24, 2.45) is 0 Å². The van der Waals surface area contributed by atoms with Gasteiger partial charge < -0.3 is 10.5 Å². The van der Waals surface area contributed by atoms with Crippen LogP contribution in [-0.4, -0.2) is 12.4 Å². The molecule has 0 heterocycles. The van der Waals surface area contributed by atoms with Gasteiger partial charge in [-0.15, -0.1) is 0 Å². The summed E-state index contributed by atoms with van der Waals surface area (Å²) in [5.74, 6) is -0.824. The van der Waals surface area contributed by atoms with E-state index < -0.39 is 28.8 Å². The number of ketones is 1. The van der Waals surface area contributed by atoms with Crippen molar-refractivity contribution in [3.8, 4) is 5.75 Å². The van der Waals surface area contributed by atoms with Gasteiger partial charge >= 0.3 is 6.18 Å². The molecule has 0 amide bonds. The maximum Gasteiger partial charge on any atom is 0.419 e. The lowest BCUT2D eigenvalue weighted by Gasteiger charge is -2.17. The highest BCUT2D eigenvalue weighted by molar-refractivity contribution is 6.00.